The predicted octanol–water partition coefficient (Wildman–Crippen LogP) is 6.78. The number of hydrogen-bond acceptors (Lipinski definition) is 4. The minimum Gasteiger partial charge on any atom is -0.425 e. The van der Waals surface area contributed by atoms with Crippen LogP contribution in [0.5, 0.6) is 5.75 Å². The normalized spacial score (nSPS) is 15.6. The molecule has 1 atom stereocenters. The average Bonchev–Trinajstić information content (AvgIpc) is 3.71. The second-order valence-corrected chi connectivity index (χ2v) is 10.9. The fraction of sp³-hybridized carbons (Fsp3) is 0.0938. The van der Waals surface area contributed by atoms with Gasteiger partial charge in [-0.15, -0.1) is 11.6 Å². The molecule has 0 unspecified atom stereocenters. The molecule has 206 valence electrons. The summed E-state index contributed by atoms with van der Waals surface area (Å²) in [5, 5.41) is 17.6. The molecule has 0 aliphatic carbocycles. The zero-order valence-electron chi connectivity index (χ0n) is 22.0. The third-order valence-electron chi connectivity index (χ3n) is 8.02. The number of alkyl halides is 1. The Kier molecular flexibility index (Phi) is 5.32. The molecule has 4 aromatic carbocycles. The van der Waals surface area contributed by atoms with Gasteiger partial charge in [0.05, 0.1) is 11.4 Å². The molecule has 0 bridgehead atoms. The van der Waals surface area contributed by atoms with Gasteiger partial charge in [-0.2, -0.15) is 0 Å². The van der Waals surface area contributed by atoms with Crippen LogP contribution in [0.15, 0.2) is 78.9 Å². The van der Waals surface area contributed by atoms with Gasteiger partial charge in [0.2, 0.25) is 0 Å². The van der Waals surface area contributed by atoms with Crippen molar-refractivity contribution in [1.82, 2.24) is 9.97 Å². The van der Waals surface area contributed by atoms with Crippen LogP contribution in [-0.4, -0.2) is 40.2 Å². The molecule has 2 amide bonds. The van der Waals surface area contributed by atoms with Gasteiger partial charge < -0.3 is 30.2 Å². The third-order valence-corrected chi connectivity index (χ3v) is 8.39. The van der Waals surface area contributed by atoms with E-state index in [2.05, 4.69) is 20.6 Å². The number of amides is 2. The summed E-state index contributed by atoms with van der Waals surface area (Å²) in [5.41, 5.74) is 5.69. The highest BCUT2D eigenvalue weighted by molar-refractivity contribution is 6.20. The first-order chi connectivity index (χ1) is 20.5. The quantitative estimate of drug-likeness (QED) is 0.149. The summed E-state index contributed by atoms with van der Waals surface area (Å²) in [5.74, 6) is 0.375. The van der Waals surface area contributed by atoms with E-state index < -0.39 is 0 Å². The smallest absolute Gasteiger partial charge is 0.291 e. The molecular weight excluding hydrogens is 552 g/mol. The Balaban J connectivity index is 1.12. The number of nitrogens with zero attached hydrogens (tertiary/aromatic N) is 1. The molecule has 0 radical (unpaired) electrons. The number of H-pyrrole nitrogens is 2. The molecule has 6 aromatic rings. The van der Waals surface area contributed by atoms with Crippen molar-refractivity contribution < 1.29 is 14.3 Å². The monoisotopic (exact) mass is 574 g/mol. The number of hydrogen-bond donors (Lipinski definition) is 5. The standard InChI is InChI=1S/C32H23ClN6O3/c33-14-18-15-39(26-13-27-29-20(28(18)26)5-3-7-23(29)38-32(34)42-27)31(41)25-12-17-10-19(8-9-22(17)37-25)35-30(40)24-11-16-4-1-2-6-21(16)36-24/h1-13,18,36-37H,14-15H2,(H2,34,38)(H,35,40)/t18-/m1/s1. The zero-order valence-corrected chi connectivity index (χ0v) is 22.8. The van der Waals surface area contributed by atoms with Crippen LogP contribution in [0.4, 0.5) is 17.1 Å². The van der Waals surface area contributed by atoms with Crippen LogP contribution in [0.2, 0.25) is 0 Å². The summed E-state index contributed by atoms with van der Waals surface area (Å²) < 4.78 is 5.73. The van der Waals surface area contributed by atoms with Gasteiger partial charge in [-0.1, -0.05) is 30.3 Å². The second-order valence-electron chi connectivity index (χ2n) is 10.6. The number of anilines is 3. The van der Waals surface area contributed by atoms with Crippen molar-refractivity contribution in [2.75, 3.05) is 28.0 Å². The predicted molar refractivity (Wildman–Crippen MR) is 166 cm³/mol. The molecule has 0 saturated carbocycles. The Morgan fingerprint density at radius 2 is 1.76 bits per heavy atom. The number of nitrogens with one attached hydrogen (secondary N) is 5. The van der Waals surface area contributed by atoms with Crippen LogP contribution in [0.25, 0.3) is 32.6 Å². The lowest BCUT2D eigenvalue weighted by Gasteiger charge is -2.23. The first kappa shape index (κ1) is 24.5. The number of rotatable bonds is 4. The van der Waals surface area contributed by atoms with Crippen LogP contribution >= 0.6 is 11.6 Å². The Morgan fingerprint density at radius 1 is 0.952 bits per heavy atom. The fourth-order valence-electron chi connectivity index (χ4n) is 6.14. The summed E-state index contributed by atoms with van der Waals surface area (Å²) in [6.07, 6.45) is 0. The van der Waals surface area contributed by atoms with E-state index in [1.54, 1.807) is 17.0 Å². The number of ether oxygens (including phenoxy) is 1. The van der Waals surface area contributed by atoms with Crippen LogP contribution in [-0.2, 0) is 0 Å². The molecule has 9 nitrogen and oxygen atoms in total. The largest absolute Gasteiger partial charge is 0.425 e. The number of aromatic amines is 2. The second kappa shape index (κ2) is 9.12. The summed E-state index contributed by atoms with van der Waals surface area (Å²) in [6, 6.07) is 24.4. The molecule has 0 fully saturated rings. The number of aromatic nitrogens is 2. The minimum atomic E-state index is -0.247. The van der Waals surface area contributed by atoms with Crippen molar-refractivity contribution in [3.63, 3.8) is 0 Å². The molecule has 2 aliphatic heterocycles. The maximum Gasteiger partial charge on any atom is 0.291 e. The molecular formula is C32H23ClN6O3. The van der Waals surface area contributed by atoms with Crippen molar-refractivity contribution >= 4 is 79.1 Å². The molecule has 42 heavy (non-hydrogen) atoms. The van der Waals surface area contributed by atoms with Gasteiger partial charge in [0.25, 0.3) is 17.8 Å². The maximum absolute atomic E-state index is 13.9. The van der Waals surface area contributed by atoms with Crippen molar-refractivity contribution in [1.29, 1.82) is 5.41 Å². The van der Waals surface area contributed by atoms with Crippen molar-refractivity contribution in [2.45, 2.75) is 5.92 Å². The van der Waals surface area contributed by atoms with Gasteiger partial charge in [0.15, 0.2) is 0 Å². The first-order valence-electron chi connectivity index (χ1n) is 13.5. The number of carbonyl (C=O) groups is 2. The van der Waals surface area contributed by atoms with Crippen molar-refractivity contribution in [3.05, 3.63) is 95.8 Å². The number of amidine groups is 1. The summed E-state index contributed by atoms with van der Waals surface area (Å²) in [4.78, 5) is 35.0. The molecule has 0 saturated heterocycles. The van der Waals surface area contributed by atoms with E-state index in [0.29, 0.717) is 35.2 Å². The lowest BCUT2D eigenvalue weighted by atomic mass is 9.94. The molecule has 0 spiro atoms. The summed E-state index contributed by atoms with van der Waals surface area (Å²) in [7, 11) is 0. The van der Waals surface area contributed by atoms with E-state index in [-0.39, 0.29) is 23.8 Å². The molecule has 4 heterocycles. The van der Waals surface area contributed by atoms with E-state index in [1.807, 2.05) is 66.7 Å². The zero-order chi connectivity index (χ0) is 28.5. The topological polar surface area (TPSA) is 126 Å². The number of carbonyl (C=O) groups excluding carboxylic acids is 2. The molecule has 2 aromatic heterocycles. The van der Waals surface area contributed by atoms with Gasteiger partial charge in [0, 0.05) is 57.3 Å². The minimum absolute atomic E-state index is 0.0628. The summed E-state index contributed by atoms with van der Waals surface area (Å²) >= 11 is 6.43. The number of fused-ring (bicyclic) bond motifs is 4. The average molecular weight is 575 g/mol. The highest BCUT2D eigenvalue weighted by Crippen LogP contribution is 2.48. The Bertz CT molecular complexity index is 2100. The highest BCUT2D eigenvalue weighted by Gasteiger charge is 2.37. The first-order valence-corrected chi connectivity index (χ1v) is 14.0. The number of halogens is 1. The van der Waals surface area contributed by atoms with Crippen molar-refractivity contribution in [3.8, 4) is 5.75 Å². The van der Waals surface area contributed by atoms with Gasteiger partial charge in [0.1, 0.15) is 17.1 Å². The molecule has 2 aliphatic rings. The number of para-hydroxylation sites is 1. The summed E-state index contributed by atoms with van der Waals surface area (Å²) in [6.45, 7) is 0.423. The van der Waals surface area contributed by atoms with Gasteiger partial charge >= 0.3 is 0 Å². The molecule has 8 rings (SSSR count). The van der Waals surface area contributed by atoms with Gasteiger partial charge in [-0.3, -0.25) is 15.0 Å². The fourth-order valence-corrected chi connectivity index (χ4v) is 6.39. The van der Waals surface area contributed by atoms with E-state index in [9.17, 15) is 9.59 Å². The van der Waals surface area contributed by atoms with Gasteiger partial charge in [-0.05, 0) is 53.4 Å². The highest BCUT2D eigenvalue weighted by atomic mass is 35.5. The SMILES string of the molecule is N=C1Nc2cccc3c4c(cc(c23)O1)N(C(=O)c1cc2cc(NC(=O)c3cc5ccccc5[nH]3)ccc2[nH]1)C[C@H]4CCl. The van der Waals surface area contributed by atoms with Gasteiger partial charge in [-0.25, -0.2) is 0 Å². The lowest BCUT2D eigenvalue weighted by molar-refractivity contribution is 0.0983. The lowest BCUT2D eigenvalue weighted by Crippen LogP contribution is -2.30. The third kappa shape index (κ3) is 3.74. The molecule has 10 heteroatoms. The number of benzene rings is 4. The Morgan fingerprint density at radius 3 is 2.62 bits per heavy atom. The van der Waals surface area contributed by atoms with Crippen LogP contribution in [0.1, 0.15) is 32.5 Å². The molecule has 5 N–H and O–H groups in total. The Hall–Kier alpha value is -5.28. The maximum atomic E-state index is 13.9. The van der Waals surface area contributed by atoms with E-state index in [4.69, 9.17) is 21.7 Å². The van der Waals surface area contributed by atoms with E-state index in [1.165, 1.54) is 0 Å². The van der Waals surface area contributed by atoms with Crippen LogP contribution in [0, 0.1) is 5.41 Å². The van der Waals surface area contributed by atoms with Crippen molar-refractivity contribution in [2.24, 2.45) is 0 Å². The van der Waals surface area contributed by atoms with E-state index >= 15 is 0 Å². The Labute approximate surface area is 243 Å². The van der Waals surface area contributed by atoms with E-state index in [0.717, 1.165) is 49.5 Å². The van der Waals surface area contributed by atoms with Crippen LogP contribution in [0.3, 0.4) is 0 Å². The van der Waals surface area contributed by atoms with Crippen LogP contribution < -0.4 is 20.3 Å².